The molecule has 1 aromatic carbocycles. The lowest BCUT2D eigenvalue weighted by atomic mass is 9.77. The van der Waals surface area contributed by atoms with Gasteiger partial charge in [-0.1, -0.05) is 12.1 Å². The molecule has 1 spiro atoms. The van der Waals surface area contributed by atoms with Crippen molar-refractivity contribution in [3.63, 3.8) is 0 Å². The van der Waals surface area contributed by atoms with Crippen LogP contribution in [0.25, 0.3) is 11.2 Å². The van der Waals surface area contributed by atoms with Gasteiger partial charge >= 0.3 is 0 Å². The summed E-state index contributed by atoms with van der Waals surface area (Å²) in [6, 6.07) is 5.33. The first-order chi connectivity index (χ1) is 16.8. The summed E-state index contributed by atoms with van der Waals surface area (Å²) >= 11 is 6.37. The van der Waals surface area contributed by atoms with Gasteiger partial charge in [-0.2, -0.15) is 9.97 Å². The SMILES string of the molecule is CC1(C)OC2[C@@H](O1)[C@@H](CO)O[C@H]2n1cnc2c(N3CC4(Cc5cccc(F)c5C4)C3)nc(Cl)nc21. The van der Waals surface area contributed by atoms with Crippen molar-refractivity contribution in [2.45, 2.75) is 57.0 Å². The zero-order chi connectivity index (χ0) is 24.1. The van der Waals surface area contributed by atoms with E-state index in [1.54, 1.807) is 17.0 Å². The predicted molar refractivity (Wildman–Crippen MR) is 124 cm³/mol. The fourth-order valence-electron chi connectivity index (χ4n) is 6.26. The van der Waals surface area contributed by atoms with Gasteiger partial charge in [-0.25, -0.2) is 9.37 Å². The van der Waals surface area contributed by atoms with Crippen LogP contribution in [0, 0.1) is 11.2 Å². The number of hydrogen-bond donors (Lipinski definition) is 1. The highest BCUT2D eigenvalue weighted by molar-refractivity contribution is 6.28. The molecule has 3 aliphatic heterocycles. The summed E-state index contributed by atoms with van der Waals surface area (Å²) in [4.78, 5) is 15.7. The Bertz CT molecular complexity index is 1340. The zero-order valence-corrected chi connectivity index (χ0v) is 20.1. The van der Waals surface area contributed by atoms with Crippen LogP contribution in [-0.2, 0) is 27.1 Å². The van der Waals surface area contributed by atoms with Crippen LogP contribution < -0.4 is 4.90 Å². The number of fused-ring (bicyclic) bond motifs is 3. The van der Waals surface area contributed by atoms with Gasteiger partial charge in [0.1, 0.15) is 24.1 Å². The Hall–Kier alpha value is -2.37. The Morgan fingerprint density at radius 3 is 2.74 bits per heavy atom. The second-order valence-electron chi connectivity index (χ2n) is 10.5. The second-order valence-corrected chi connectivity index (χ2v) is 10.9. The third-order valence-electron chi connectivity index (χ3n) is 7.64. The number of halogens is 2. The maximum atomic E-state index is 14.3. The zero-order valence-electron chi connectivity index (χ0n) is 19.3. The topological polar surface area (TPSA) is 94.8 Å². The van der Waals surface area contributed by atoms with Crippen LogP contribution in [0.15, 0.2) is 24.5 Å². The molecule has 4 aliphatic rings. The summed E-state index contributed by atoms with van der Waals surface area (Å²) in [7, 11) is 0. The van der Waals surface area contributed by atoms with Gasteiger partial charge in [-0.3, -0.25) is 4.57 Å². The molecule has 0 saturated carbocycles. The van der Waals surface area contributed by atoms with Gasteiger partial charge in [0.25, 0.3) is 0 Å². The van der Waals surface area contributed by atoms with Crippen molar-refractivity contribution in [1.82, 2.24) is 19.5 Å². The number of aromatic nitrogens is 4. The number of imidazole rings is 1. The Labute approximate surface area is 205 Å². The number of nitrogens with zero attached hydrogens (tertiary/aromatic N) is 5. The Balaban J connectivity index is 1.20. The van der Waals surface area contributed by atoms with E-state index in [2.05, 4.69) is 19.9 Å². The van der Waals surface area contributed by atoms with Gasteiger partial charge in [0.15, 0.2) is 29.0 Å². The van der Waals surface area contributed by atoms with Crippen molar-refractivity contribution in [1.29, 1.82) is 0 Å². The third-order valence-corrected chi connectivity index (χ3v) is 7.81. The van der Waals surface area contributed by atoms with Gasteiger partial charge < -0.3 is 24.2 Å². The molecule has 3 fully saturated rings. The normalized spacial score (nSPS) is 30.1. The van der Waals surface area contributed by atoms with E-state index in [0.717, 1.165) is 37.1 Å². The van der Waals surface area contributed by atoms with Crippen molar-refractivity contribution < 1.29 is 23.7 Å². The average Bonchev–Trinajstić information content (AvgIpc) is 3.52. The van der Waals surface area contributed by atoms with E-state index in [4.69, 9.17) is 25.8 Å². The standard InChI is InChI=1S/C24H25ClFN5O4/c1-23(2)34-17-15(8-32)33-21(18(17)35-23)31-11-27-16-19(28-22(25)29-20(16)31)30-9-24(10-30)6-12-4-3-5-14(26)13(12)7-24/h3-5,11,15,17-18,21,32H,6-10H2,1-2H3/t15-,17+,18?,21-/m1/s1. The Morgan fingerprint density at radius 2 is 1.97 bits per heavy atom. The number of aliphatic hydroxyl groups excluding tert-OH is 1. The number of ether oxygens (including phenoxy) is 3. The lowest BCUT2D eigenvalue weighted by molar-refractivity contribution is -0.199. The quantitative estimate of drug-likeness (QED) is 0.547. The molecule has 35 heavy (non-hydrogen) atoms. The molecule has 0 radical (unpaired) electrons. The fourth-order valence-corrected chi connectivity index (χ4v) is 6.42. The van der Waals surface area contributed by atoms with E-state index < -0.39 is 30.3 Å². The second kappa shape index (κ2) is 7.33. The van der Waals surface area contributed by atoms with Crippen LogP contribution in [0.3, 0.4) is 0 Å². The highest BCUT2D eigenvalue weighted by atomic mass is 35.5. The van der Waals surface area contributed by atoms with Crippen LogP contribution in [0.2, 0.25) is 5.28 Å². The summed E-state index contributed by atoms with van der Waals surface area (Å²) in [5.74, 6) is -0.261. The minimum Gasteiger partial charge on any atom is -0.394 e. The first-order valence-electron chi connectivity index (χ1n) is 11.8. The molecule has 1 unspecified atom stereocenters. The van der Waals surface area contributed by atoms with Gasteiger partial charge in [0, 0.05) is 18.5 Å². The summed E-state index contributed by atoms with van der Waals surface area (Å²) < 4.78 is 34.3. The van der Waals surface area contributed by atoms with Gasteiger partial charge in [0.2, 0.25) is 5.28 Å². The molecule has 11 heteroatoms. The van der Waals surface area contributed by atoms with Crippen molar-refractivity contribution in [3.8, 4) is 0 Å². The lowest BCUT2D eigenvalue weighted by Crippen LogP contribution is -2.57. The van der Waals surface area contributed by atoms with E-state index in [9.17, 15) is 9.50 Å². The van der Waals surface area contributed by atoms with E-state index in [0.29, 0.717) is 17.0 Å². The molecule has 0 bridgehead atoms. The number of anilines is 1. The number of aliphatic hydroxyl groups is 1. The molecule has 184 valence electrons. The minimum atomic E-state index is -0.788. The number of hydrogen-bond acceptors (Lipinski definition) is 8. The third kappa shape index (κ3) is 3.24. The maximum Gasteiger partial charge on any atom is 0.226 e. The monoisotopic (exact) mass is 501 g/mol. The first-order valence-corrected chi connectivity index (χ1v) is 12.2. The highest BCUT2D eigenvalue weighted by Crippen LogP contribution is 2.48. The molecule has 7 rings (SSSR count). The predicted octanol–water partition coefficient (Wildman–Crippen LogP) is 2.63. The van der Waals surface area contributed by atoms with E-state index >= 15 is 0 Å². The summed E-state index contributed by atoms with van der Waals surface area (Å²) in [6.45, 7) is 4.96. The van der Waals surface area contributed by atoms with Gasteiger partial charge in [0.05, 0.1) is 12.9 Å². The first kappa shape index (κ1) is 21.9. The molecule has 1 N–H and O–H groups in total. The van der Waals surface area contributed by atoms with Crippen LogP contribution in [0.1, 0.15) is 31.2 Å². The van der Waals surface area contributed by atoms with Crippen LogP contribution in [0.4, 0.5) is 10.2 Å². The number of benzene rings is 1. The molecule has 3 aromatic rings. The van der Waals surface area contributed by atoms with Crippen LogP contribution in [-0.4, -0.2) is 68.4 Å². The summed E-state index contributed by atoms with van der Waals surface area (Å²) in [5, 5.41) is 9.94. The van der Waals surface area contributed by atoms with Crippen molar-refractivity contribution in [2.75, 3.05) is 24.6 Å². The lowest BCUT2D eigenvalue weighted by Gasteiger charge is -2.49. The maximum absolute atomic E-state index is 14.3. The minimum absolute atomic E-state index is 0.00637. The Morgan fingerprint density at radius 1 is 1.17 bits per heavy atom. The van der Waals surface area contributed by atoms with Crippen molar-refractivity contribution in [3.05, 3.63) is 46.8 Å². The van der Waals surface area contributed by atoms with E-state index in [1.807, 2.05) is 19.9 Å². The fraction of sp³-hybridized carbons (Fsp3) is 0.542. The molecule has 1 aliphatic carbocycles. The molecule has 2 aromatic heterocycles. The molecular formula is C24H25ClFN5O4. The smallest absolute Gasteiger partial charge is 0.226 e. The summed E-state index contributed by atoms with van der Waals surface area (Å²) in [5.41, 5.74) is 3.05. The van der Waals surface area contributed by atoms with Crippen LogP contribution in [0.5, 0.6) is 0 Å². The molecule has 0 amide bonds. The van der Waals surface area contributed by atoms with Gasteiger partial charge in [-0.15, -0.1) is 0 Å². The summed E-state index contributed by atoms with van der Waals surface area (Å²) in [6.07, 6.45) is 1.26. The van der Waals surface area contributed by atoms with E-state index in [1.165, 1.54) is 6.07 Å². The van der Waals surface area contributed by atoms with Gasteiger partial charge in [-0.05, 0) is 55.5 Å². The highest BCUT2D eigenvalue weighted by Gasteiger charge is 2.56. The Kier molecular flexibility index (Phi) is 4.58. The number of rotatable bonds is 3. The van der Waals surface area contributed by atoms with Crippen molar-refractivity contribution in [2.24, 2.45) is 5.41 Å². The van der Waals surface area contributed by atoms with Crippen molar-refractivity contribution >= 4 is 28.6 Å². The average molecular weight is 502 g/mol. The largest absolute Gasteiger partial charge is 0.394 e. The van der Waals surface area contributed by atoms with E-state index in [-0.39, 0.29) is 23.1 Å². The molecular weight excluding hydrogens is 477 g/mol. The molecule has 4 atom stereocenters. The molecule has 5 heterocycles. The molecule has 9 nitrogen and oxygen atoms in total. The van der Waals surface area contributed by atoms with Crippen LogP contribution >= 0.6 is 11.6 Å². The molecule has 3 saturated heterocycles.